The first-order valence-electron chi connectivity index (χ1n) is 3.31. The highest BCUT2D eigenvalue weighted by molar-refractivity contribution is 14.1. The first kappa shape index (κ1) is 11.8. The van der Waals surface area contributed by atoms with E-state index in [1.807, 2.05) is 0 Å². The molecule has 1 heterocycles. The van der Waals surface area contributed by atoms with Gasteiger partial charge in [0, 0.05) is 4.47 Å². The third-order valence-corrected chi connectivity index (χ3v) is 2.61. The van der Waals surface area contributed by atoms with E-state index in [4.69, 9.17) is 5.11 Å². The monoisotopic (exact) mass is 377 g/mol. The van der Waals surface area contributed by atoms with Crippen molar-refractivity contribution in [1.82, 2.24) is 4.98 Å². The van der Waals surface area contributed by atoms with Gasteiger partial charge in [-0.25, -0.2) is 18.6 Å². The van der Waals surface area contributed by atoms with Crippen molar-refractivity contribution < 1.29 is 18.7 Å². The SMILES string of the molecule is O=C(O)c1nc(I)cc(Br)c1C(F)F. The van der Waals surface area contributed by atoms with E-state index in [9.17, 15) is 13.6 Å². The number of aromatic carboxylic acids is 1. The molecule has 0 saturated carbocycles. The van der Waals surface area contributed by atoms with E-state index in [1.165, 1.54) is 6.07 Å². The van der Waals surface area contributed by atoms with Gasteiger partial charge in [-0.1, -0.05) is 15.9 Å². The van der Waals surface area contributed by atoms with Crippen LogP contribution in [0.2, 0.25) is 0 Å². The quantitative estimate of drug-likeness (QED) is 0.636. The van der Waals surface area contributed by atoms with E-state index in [0.29, 0.717) is 3.70 Å². The second-order valence-corrected chi connectivity index (χ2v) is 4.25. The Kier molecular flexibility index (Phi) is 3.76. The molecule has 0 radical (unpaired) electrons. The maximum atomic E-state index is 12.4. The number of carbonyl (C=O) groups is 1. The lowest BCUT2D eigenvalue weighted by Gasteiger charge is -2.06. The van der Waals surface area contributed by atoms with Crippen LogP contribution in [0.5, 0.6) is 0 Å². The molecule has 0 aliphatic heterocycles. The fourth-order valence-corrected chi connectivity index (χ4v) is 2.42. The molecule has 0 aliphatic carbocycles. The number of hydrogen-bond donors (Lipinski definition) is 1. The highest BCUT2D eigenvalue weighted by Crippen LogP contribution is 2.30. The summed E-state index contributed by atoms with van der Waals surface area (Å²) in [6.45, 7) is 0. The molecule has 0 unspecified atom stereocenters. The van der Waals surface area contributed by atoms with Gasteiger partial charge in [0.1, 0.15) is 3.70 Å². The van der Waals surface area contributed by atoms with Crippen LogP contribution in [0.4, 0.5) is 8.78 Å². The predicted molar refractivity (Wildman–Crippen MR) is 56.6 cm³/mol. The van der Waals surface area contributed by atoms with Crippen molar-refractivity contribution in [2.24, 2.45) is 0 Å². The Balaban J connectivity index is 3.44. The number of carboxylic acids is 1. The van der Waals surface area contributed by atoms with E-state index in [0.717, 1.165) is 0 Å². The van der Waals surface area contributed by atoms with Gasteiger partial charge in [-0.15, -0.1) is 0 Å². The minimum absolute atomic E-state index is 0.0595. The first-order valence-corrected chi connectivity index (χ1v) is 5.18. The van der Waals surface area contributed by atoms with Crippen molar-refractivity contribution >= 4 is 44.5 Å². The molecule has 1 N–H and O–H groups in total. The highest BCUT2D eigenvalue weighted by atomic mass is 127. The van der Waals surface area contributed by atoms with Crippen LogP contribution >= 0.6 is 38.5 Å². The number of pyridine rings is 1. The average molecular weight is 378 g/mol. The number of aromatic nitrogens is 1. The molecular weight excluding hydrogens is 375 g/mol. The Morgan fingerprint density at radius 2 is 2.21 bits per heavy atom. The zero-order chi connectivity index (χ0) is 10.9. The van der Waals surface area contributed by atoms with E-state index in [2.05, 4.69) is 20.9 Å². The van der Waals surface area contributed by atoms with Gasteiger partial charge in [-0.3, -0.25) is 0 Å². The Hall–Kier alpha value is -0.310. The second-order valence-electron chi connectivity index (χ2n) is 2.29. The fraction of sp³-hybridized carbons (Fsp3) is 0.143. The maximum absolute atomic E-state index is 12.4. The number of carboxylic acid groups (broad SMARTS) is 1. The molecule has 3 nitrogen and oxygen atoms in total. The molecule has 7 heteroatoms. The van der Waals surface area contributed by atoms with Gasteiger partial charge in [-0.05, 0) is 28.7 Å². The van der Waals surface area contributed by atoms with Crippen LogP contribution in [-0.2, 0) is 0 Å². The number of hydrogen-bond acceptors (Lipinski definition) is 2. The maximum Gasteiger partial charge on any atom is 0.355 e. The molecular formula is C7H3BrF2INO2. The summed E-state index contributed by atoms with van der Waals surface area (Å²) in [5, 5.41) is 8.64. The summed E-state index contributed by atoms with van der Waals surface area (Å²) in [4.78, 5) is 14.1. The summed E-state index contributed by atoms with van der Waals surface area (Å²) < 4.78 is 25.3. The predicted octanol–water partition coefficient (Wildman–Crippen LogP) is 3.08. The molecule has 0 spiro atoms. The van der Waals surface area contributed by atoms with Crippen LogP contribution < -0.4 is 0 Å². The molecule has 0 saturated heterocycles. The molecule has 0 amide bonds. The molecule has 1 aromatic rings. The van der Waals surface area contributed by atoms with Crippen LogP contribution in [0, 0.1) is 3.70 Å². The largest absolute Gasteiger partial charge is 0.476 e. The van der Waals surface area contributed by atoms with Gasteiger partial charge in [0.2, 0.25) is 0 Å². The van der Waals surface area contributed by atoms with Crippen molar-refractivity contribution in [2.45, 2.75) is 6.43 Å². The topological polar surface area (TPSA) is 50.2 Å². The second kappa shape index (κ2) is 4.47. The van der Waals surface area contributed by atoms with Gasteiger partial charge in [0.15, 0.2) is 5.69 Å². The summed E-state index contributed by atoms with van der Waals surface area (Å²) in [6, 6.07) is 1.34. The van der Waals surface area contributed by atoms with Crippen LogP contribution in [0.1, 0.15) is 22.5 Å². The molecule has 0 aliphatic rings. The van der Waals surface area contributed by atoms with Gasteiger partial charge in [0.25, 0.3) is 6.43 Å². The molecule has 76 valence electrons. The summed E-state index contributed by atoms with van der Waals surface area (Å²) in [5.74, 6) is -1.46. The minimum Gasteiger partial charge on any atom is -0.476 e. The summed E-state index contributed by atoms with van der Waals surface area (Å²) in [7, 11) is 0. The van der Waals surface area contributed by atoms with E-state index in [-0.39, 0.29) is 4.47 Å². The lowest BCUT2D eigenvalue weighted by atomic mass is 10.2. The van der Waals surface area contributed by atoms with E-state index < -0.39 is 23.7 Å². The number of nitrogens with zero attached hydrogens (tertiary/aromatic N) is 1. The van der Waals surface area contributed by atoms with Crippen LogP contribution in [0.25, 0.3) is 0 Å². The Bertz CT molecular complexity index is 386. The molecule has 0 aromatic carbocycles. The lowest BCUT2D eigenvalue weighted by Crippen LogP contribution is -2.08. The number of alkyl halides is 2. The number of rotatable bonds is 2. The van der Waals surface area contributed by atoms with Crippen molar-refractivity contribution in [1.29, 1.82) is 0 Å². The Morgan fingerprint density at radius 1 is 1.64 bits per heavy atom. The normalized spacial score (nSPS) is 10.6. The molecule has 1 aromatic heterocycles. The van der Waals surface area contributed by atoms with Gasteiger partial charge in [0.05, 0.1) is 5.56 Å². The van der Waals surface area contributed by atoms with E-state index in [1.54, 1.807) is 22.6 Å². The lowest BCUT2D eigenvalue weighted by molar-refractivity contribution is 0.0676. The van der Waals surface area contributed by atoms with Crippen LogP contribution in [0.3, 0.4) is 0 Å². The van der Waals surface area contributed by atoms with Crippen molar-refractivity contribution in [2.75, 3.05) is 0 Å². The third kappa shape index (κ3) is 2.38. The summed E-state index contributed by atoms with van der Waals surface area (Å²) in [5.41, 5.74) is -1.20. The smallest absolute Gasteiger partial charge is 0.355 e. The summed E-state index contributed by atoms with van der Waals surface area (Å²) >= 11 is 4.63. The molecule has 0 atom stereocenters. The van der Waals surface area contributed by atoms with E-state index >= 15 is 0 Å². The third-order valence-electron chi connectivity index (χ3n) is 1.40. The Morgan fingerprint density at radius 3 is 2.64 bits per heavy atom. The zero-order valence-electron chi connectivity index (χ0n) is 6.47. The van der Waals surface area contributed by atoms with Gasteiger partial charge < -0.3 is 5.11 Å². The molecule has 0 fully saturated rings. The van der Waals surface area contributed by atoms with Gasteiger partial charge in [-0.2, -0.15) is 0 Å². The Labute approximate surface area is 99.8 Å². The van der Waals surface area contributed by atoms with Crippen molar-refractivity contribution in [3.05, 3.63) is 25.5 Å². The fourth-order valence-electron chi connectivity index (χ4n) is 0.865. The highest BCUT2D eigenvalue weighted by Gasteiger charge is 2.23. The standard InChI is InChI=1S/C7H3BrF2INO2/c8-2-1-3(11)12-5(7(13)14)4(2)6(9)10/h1,6H,(H,13,14). The van der Waals surface area contributed by atoms with Gasteiger partial charge >= 0.3 is 5.97 Å². The van der Waals surface area contributed by atoms with Crippen LogP contribution in [0.15, 0.2) is 10.5 Å². The van der Waals surface area contributed by atoms with Crippen LogP contribution in [-0.4, -0.2) is 16.1 Å². The molecule has 0 bridgehead atoms. The average Bonchev–Trinajstić information content (AvgIpc) is 2.01. The molecule has 14 heavy (non-hydrogen) atoms. The van der Waals surface area contributed by atoms with Crippen molar-refractivity contribution in [3.8, 4) is 0 Å². The zero-order valence-corrected chi connectivity index (χ0v) is 10.2. The van der Waals surface area contributed by atoms with Crippen molar-refractivity contribution in [3.63, 3.8) is 0 Å². The first-order chi connectivity index (χ1) is 6.43. The number of halogens is 4. The molecule has 1 rings (SSSR count). The minimum atomic E-state index is -2.86. The summed E-state index contributed by atoms with van der Waals surface area (Å²) in [6.07, 6.45) is -2.86.